The van der Waals surface area contributed by atoms with Crippen LogP contribution in [-0.4, -0.2) is 25.7 Å². The number of sulfonamides is 1. The van der Waals surface area contributed by atoms with Crippen molar-refractivity contribution in [3.63, 3.8) is 0 Å². The summed E-state index contributed by atoms with van der Waals surface area (Å²) < 4.78 is 27.0. The number of aromatic nitrogens is 1. The van der Waals surface area contributed by atoms with Gasteiger partial charge in [-0.3, -0.25) is 4.98 Å². The van der Waals surface area contributed by atoms with Gasteiger partial charge in [0, 0.05) is 24.9 Å². The van der Waals surface area contributed by atoms with Gasteiger partial charge in [0.25, 0.3) is 0 Å². The van der Waals surface area contributed by atoms with Crippen molar-refractivity contribution in [1.29, 1.82) is 0 Å². The van der Waals surface area contributed by atoms with E-state index in [4.69, 9.17) is 5.73 Å². The Balaban J connectivity index is 1.99. The van der Waals surface area contributed by atoms with E-state index in [1.165, 1.54) is 0 Å². The Bertz CT molecular complexity index is 645. The van der Waals surface area contributed by atoms with E-state index < -0.39 is 16.1 Å². The highest BCUT2D eigenvalue weighted by Crippen LogP contribution is 2.12. The summed E-state index contributed by atoms with van der Waals surface area (Å²) in [5.74, 6) is -0.00660. The van der Waals surface area contributed by atoms with E-state index in [-0.39, 0.29) is 12.3 Å². The molecule has 6 heteroatoms. The maximum Gasteiger partial charge on any atom is 0.212 e. The van der Waals surface area contributed by atoms with E-state index in [0.29, 0.717) is 6.42 Å². The van der Waals surface area contributed by atoms with Crippen LogP contribution in [0.1, 0.15) is 17.3 Å². The molecule has 2 aromatic rings. The molecule has 0 saturated carbocycles. The van der Waals surface area contributed by atoms with Crippen molar-refractivity contribution in [3.8, 4) is 0 Å². The number of aryl methyl sites for hydroxylation is 1. The fourth-order valence-electron chi connectivity index (χ4n) is 2.00. The number of hydrogen-bond donors (Lipinski definition) is 2. The highest BCUT2D eigenvalue weighted by Gasteiger charge is 2.18. The number of rotatable bonds is 7. The zero-order valence-corrected chi connectivity index (χ0v) is 12.5. The predicted octanol–water partition coefficient (Wildman–Crippen LogP) is 1.24. The molecule has 0 aliphatic heterocycles. The first-order chi connectivity index (χ1) is 10.1. The molecule has 21 heavy (non-hydrogen) atoms. The number of nitrogens with zero attached hydrogens (tertiary/aromatic N) is 1. The summed E-state index contributed by atoms with van der Waals surface area (Å²) >= 11 is 0. The van der Waals surface area contributed by atoms with Crippen LogP contribution in [0.3, 0.4) is 0 Å². The van der Waals surface area contributed by atoms with Gasteiger partial charge in [-0.2, -0.15) is 0 Å². The lowest BCUT2D eigenvalue weighted by molar-refractivity contribution is 0.557. The molecule has 1 unspecified atom stereocenters. The maximum absolute atomic E-state index is 12.2. The van der Waals surface area contributed by atoms with Gasteiger partial charge < -0.3 is 5.73 Å². The van der Waals surface area contributed by atoms with Gasteiger partial charge in [-0.25, -0.2) is 13.1 Å². The number of hydrogen-bond acceptors (Lipinski definition) is 4. The molecule has 1 aromatic heterocycles. The van der Waals surface area contributed by atoms with Gasteiger partial charge in [0.1, 0.15) is 0 Å². The van der Waals surface area contributed by atoms with Gasteiger partial charge in [-0.1, -0.05) is 36.4 Å². The minimum atomic E-state index is -3.41. The van der Waals surface area contributed by atoms with Crippen LogP contribution in [0.5, 0.6) is 0 Å². The molecule has 1 aromatic carbocycles. The lowest BCUT2D eigenvalue weighted by Gasteiger charge is -2.17. The van der Waals surface area contributed by atoms with Gasteiger partial charge in [-0.05, 0) is 17.7 Å². The summed E-state index contributed by atoms with van der Waals surface area (Å²) in [6.07, 6.45) is 2.03. The van der Waals surface area contributed by atoms with E-state index in [2.05, 4.69) is 9.71 Å². The van der Waals surface area contributed by atoms with Crippen LogP contribution < -0.4 is 10.5 Å². The first-order valence-electron chi connectivity index (χ1n) is 6.75. The highest BCUT2D eigenvalue weighted by molar-refractivity contribution is 7.89. The molecule has 0 aliphatic carbocycles. The average molecular weight is 305 g/mol. The molecular weight excluding hydrogens is 286 g/mol. The normalized spacial score (nSPS) is 13.0. The van der Waals surface area contributed by atoms with Gasteiger partial charge in [0.15, 0.2) is 0 Å². The minimum absolute atomic E-state index is 0.00660. The van der Waals surface area contributed by atoms with Crippen molar-refractivity contribution in [1.82, 2.24) is 9.71 Å². The monoisotopic (exact) mass is 305 g/mol. The molecule has 112 valence electrons. The van der Waals surface area contributed by atoms with Crippen LogP contribution in [0.15, 0.2) is 54.7 Å². The maximum atomic E-state index is 12.2. The Hall–Kier alpha value is -1.76. The summed E-state index contributed by atoms with van der Waals surface area (Å²) in [5, 5.41) is 0. The Labute approximate surface area is 125 Å². The Morgan fingerprint density at radius 3 is 2.43 bits per heavy atom. The zero-order chi connectivity index (χ0) is 15.1. The molecule has 5 nitrogen and oxygen atoms in total. The van der Waals surface area contributed by atoms with Crippen molar-refractivity contribution >= 4 is 10.0 Å². The quantitative estimate of drug-likeness (QED) is 0.806. The SMILES string of the molecule is NCC(NS(=O)(=O)CCc1ccccn1)c1ccccc1. The first-order valence-corrected chi connectivity index (χ1v) is 8.41. The third kappa shape index (κ3) is 4.93. The van der Waals surface area contributed by atoms with Gasteiger partial charge >= 0.3 is 0 Å². The van der Waals surface area contributed by atoms with Crippen molar-refractivity contribution < 1.29 is 8.42 Å². The number of benzene rings is 1. The lowest BCUT2D eigenvalue weighted by atomic mass is 10.1. The topological polar surface area (TPSA) is 85.1 Å². The van der Waals surface area contributed by atoms with Gasteiger partial charge in [-0.15, -0.1) is 0 Å². The van der Waals surface area contributed by atoms with Crippen molar-refractivity contribution in [2.75, 3.05) is 12.3 Å². The molecule has 0 spiro atoms. The Morgan fingerprint density at radius 1 is 1.10 bits per heavy atom. The summed E-state index contributed by atoms with van der Waals surface area (Å²) in [5.41, 5.74) is 7.30. The molecule has 0 aliphatic rings. The molecule has 3 N–H and O–H groups in total. The van der Waals surface area contributed by atoms with E-state index in [0.717, 1.165) is 11.3 Å². The minimum Gasteiger partial charge on any atom is -0.329 e. The van der Waals surface area contributed by atoms with Crippen LogP contribution in [-0.2, 0) is 16.4 Å². The van der Waals surface area contributed by atoms with Gasteiger partial charge in [0.2, 0.25) is 10.0 Å². The third-order valence-electron chi connectivity index (χ3n) is 3.11. The van der Waals surface area contributed by atoms with E-state index in [1.807, 2.05) is 42.5 Å². The summed E-state index contributed by atoms with van der Waals surface area (Å²) in [7, 11) is -3.41. The Morgan fingerprint density at radius 2 is 1.81 bits per heavy atom. The number of pyridine rings is 1. The van der Waals surface area contributed by atoms with Crippen LogP contribution in [0.2, 0.25) is 0 Å². The number of nitrogens with two attached hydrogens (primary N) is 1. The second kappa shape index (κ2) is 7.31. The van der Waals surface area contributed by atoms with Crippen LogP contribution in [0, 0.1) is 0 Å². The number of nitrogens with one attached hydrogen (secondary N) is 1. The predicted molar refractivity (Wildman–Crippen MR) is 83.1 cm³/mol. The molecule has 0 fully saturated rings. The van der Waals surface area contributed by atoms with E-state index in [1.54, 1.807) is 12.3 Å². The largest absolute Gasteiger partial charge is 0.329 e. The fraction of sp³-hybridized carbons (Fsp3) is 0.267. The van der Waals surface area contributed by atoms with Crippen molar-refractivity contribution in [2.24, 2.45) is 5.73 Å². The second-order valence-corrected chi connectivity index (χ2v) is 6.58. The lowest BCUT2D eigenvalue weighted by Crippen LogP contribution is -2.35. The molecule has 1 heterocycles. The summed E-state index contributed by atoms with van der Waals surface area (Å²) in [6, 6.07) is 14.4. The molecule has 0 saturated heterocycles. The van der Waals surface area contributed by atoms with Crippen LogP contribution >= 0.6 is 0 Å². The first kappa shape index (κ1) is 15.6. The molecule has 2 rings (SSSR count). The smallest absolute Gasteiger partial charge is 0.212 e. The molecular formula is C15H19N3O2S. The summed E-state index contributed by atoms with van der Waals surface area (Å²) in [4.78, 5) is 4.12. The highest BCUT2D eigenvalue weighted by atomic mass is 32.2. The molecule has 0 bridgehead atoms. The van der Waals surface area contributed by atoms with E-state index in [9.17, 15) is 8.42 Å². The molecule has 1 atom stereocenters. The molecule has 0 amide bonds. The van der Waals surface area contributed by atoms with Crippen LogP contribution in [0.4, 0.5) is 0 Å². The fourth-order valence-corrected chi connectivity index (χ4v) is 3.26. The van der Waals surface area contributed by atoms with Crippen molar-refractivity contribution in [3.05, 3.63) is 66.0 Å². The second-order valence-electron chi connectivity index (χ2n) is 4.71. The molecule has 0 radical (unpaired) electrons. The Kier molecular flexibility index (Phi) is 5.44. The van der Waals surface area contributed by atoms with Gasteiger partial charge in [0.05, 0.1) is 11.8 Å². The van der Waals surface area contributed by atoms with E-state index >= 15 is 0 Å². The van der Waals surface area contributed by atoms with Crippen LogP contribution in [0.25, 0.3) is 0 Å². The summed E-state index contributed by atoms with van der Waals surface area (Å²) in [6.45, 7) is 0.215. The average Bonchev–Trinajstić information content (AvgIpc) is 2.53. The zero-order valence-electron chi connectivity index (χ0n) is 11.6. The van der Waals surface area contributed by atoms with Crippen molar-refractivity contribution in [2.45, 2.75) is 12.5 Å². The standard InChI is InChI=1S/C15H19N3O2S/c16-12-15(13-6-2-1-3-7-13)18-21(19,20)11-9-14-8-4-5-10-17-14/h1-8,10,15,18H,9,11-12,16H2. The third-order valence-corrected chi connectivity index (χ3v) is 4.50.